The molecule has 0 bridgehead atoms. The molecule has 0 spiro atoms. The largest absolute Gasteiger partial charge is 0.348 e. The smallest absolute Gasteiger partial charge is 0.324 e. The molecule has 2 heterocycles. The Balaban J connectivity index is 0.00000180. The van der Waals surface area contributed by atoms with Crippen molar-refractivity contribution in [2.75, 3.05) is 13.1 Å². The quantitative estimate of drug-likeness (QED) is 0.659. The SMILES string of the molecule is CC1CCNCC1NC(=O)c1csc([N+](=O)[O-])c1.Cl. The number of thiophene rings is 1. The molecular formula is C11H16ClN3O3S. The number of amides is 1. The molecule has 2 unspecified atom stereocenters. The molecular weight excluding hydrogens is 290 g/mol. The first-order valence-corrected chi connectivity index (χ1v) is 6.70. The van der Waals surface area contributed by atoms with Crippen LogP contribution in [-0.2, 0) is 0 Å². The van der Waals surface area contributed by atoms with Gasteiger partial charge in [0.1, 0.15) is 0 Å². The minimum absolute atomic E-state index is 0. The minimum atomic E-state index is -0.480. The van der Waals surface area contributed by atoms with Crippen molar-refractivity contribution in [1.29, 1.82) is 0 Å². The fraction of sp³-hybridized carbons (Fsp3) is 0.545. The molecule has 8 heteroatoms. The fourth-order valence-electron chi connectivity index (χ4n) is 1.97. The zero-order chi connectivity index (χ0) is 13.1. The second-order valence-electron chi connectivity index (χ2n) is 4.48. The molecule has 1 aromatic heterocycles. The standard InChI is InChI=1S/C11H15N3O3S.ClH/c1-7-2-3-12-5-9(7)13-11(15)8-4-10(14(16)17)18-6-8;/h4,6-7,9,12H,2-3,5H2,1H3,(H,13,15);1H. The zero-order valence-corrected chi connectivity index (χ0v) is 12.1. The molecule has 106 valence electrons. The summed E-state index contributed by atoms with van der Waals surface area (Å²) in [7, 11) is 0. The molecule has 19 heavy (non-hydrogen) atoms. The molecule has 1 saturated heterocycles. The molecule has 0 aromatic carbocycles. The summed E-state index contributed by atoms with van der Waals surface area (Å²) in [6, 6.07) is 1.41. The van der Waals surface area contributed by atoms with Gasteiger partial charge in [-0.2, -0.15) is 0 Å². The van der Waals surface area contributed by atoms with E-state index >= 15 is 0 Å². The number of nitrogens with one attached hydrogen (secondary N) is 2. The maximum absolute atomic E-state index is 11.9. The van der Waals surface area contributed by atoms with Gasteiger partial charge in [0.25, 0.3) is 5.91 Å². The van der Waals surface area contributed by atoms with Gasteiger partial charge in [-0.1, -0.05) is 18.3 Å². The van der Waals surface area contributed by atoms with Crippen LogP contribution in [0.5, 0.6) is 0 Å². The number of rotatable bonds is 3. The number of carbonyl (C=O) groups excluding carboxylic acids is 1. The van der Waals surface area contributed by atoms with Crippen molar-refractivity contribution in [2.45, 2.75) is 19.4 Å². The first kappa shape index (κ1) is 15.9. The Morgan fingerprint density at radius 3 is 2.95 bits per heavy atom. The molecule has 1 aliphatic rings. The number of nitrogens with zero attached hydrogens (tertiary/aromatic N) is 1. The fourth-order valence-corrected chi connectivity index (χ4v) is 2.68. The third-order valence-electron chi connectivity index (χ3n) is 3.17. The molecule has 6 nitrogen and oxygen atoms in total. The van der Waals surface area contributed by atoms with Gasteiger partial charge in [0.15, 0.2) is 0 Å². The summed E-state index contributed by atoms with van der Waals surface area (Å²) in [6.07, 6.45) is 1.02. The van der Waals surface area contributed by atoms with E-state index in [1.54, 1.807) is 0 Å². The summed E-state index contributed by atoms with van der Waals surface area (Å²) in [6.45, 7) is 3.82. The van der Waals surface area contributed by atoms with Crippen LogP contribution in [0.1, 0.15) is 23.7 Å². The van der Waals surface area contributed by atoms with Crippen molar-refractivity contribution >= 4 is 34.7 Å². The van der Waals surface area contributed by atoms with Crippen molar-refractivity contribution in [3.8, 4) is 0 Å². The van der Waals surface area contributed by atoms with Crippen LogP contribution in [0.4, 0.5) is 5.00 Å². The van der Waals surface area contributed by atoms with E-state index in [1.807, 2.05) is 0 Å². The van der Waals surface area contributed by atoms with Crippen LogP contribution in [0.2, 0.25) is 0 Å². The number of piperidine rings is 1. The lowest BCUT2D eigenvalue weighted by molar-refractivity contribution is -0.380. The Labute approximate surface area is 121 Å². The summed E-state index contributed by atoms with van der Waals surface area (Å²) in [4.78, 5) is 22.0. The van der Waals surface area contributed by atoms with Crippen molar-refractivity contribution in [3.63, 3.8) is 0 Å². The van der Waals surface area contributed by atoms with Crippen LogP contribution in [0, 0.1) is 16.0 Å². The highest BCUT2D eigenvalue weighted by molar-refractivity contribution is 7.13. The molecule has 0 radical (unpaired) electrons. The summed E-state index contributed by atoms with van der Waals surface area (Å²) in [5.74, 6) is 0.184. The summed E-state index contributed by atoms with van der Waals surface area (Å²) in [5.41, 5.74) is 0.365. The Bertz CT molecular complexity index is 466. The number of hydrogen-bond donors (Lipinski definition) is 2. The second-order valence-corrected chi connectivity index (χ2v) is 5.37. The van der Waals surface area contributed by atoms with Crippen LogP contribution >= 0.6 is 23.7 Å². The minimum Gasteiger partial charge on any atom is -0.348 e. The van der Waals surface area contributed by atoms with E-state index in [4.69, 9.17) is 0 Å². The van der Waals surface area contributed by atoms with E-state index in [9.17, 15) is 14.9 Å². The lowest BCUT2D eigenvalue weighted by atomic mass is 9.94. The average Bonchev–Trinajstić information content (AvgIpc) is 2.81. The summed E-state index contributed by atoms with van der Waals surface area (Å²) >= 11 is 0.973. The third kappa shape index (κ3) is 3.89. The molecule has 2 rings (SSSR count). The van der Waals surface area contributed by atoms with Gasteiger partial charge in [0.2, 0.25) is 0 Å². The molecule has 0 aliphatic carbocycles. The lowest BCUT2D eigenvalue weighted by Gasteiger charge is -2.30. The van der Waals surface area contributed by atoms with Gasteiger partial charge >= 0.3 is 5.00 Å². The van der Waals surface area contributed by atoms with E-state index in [0.717, 1.165) is 30.8 Å². The number of hydrogen-bond acceptors (Lipinski definition) is 5. The van der Waals surface area contributed by atoms with Gasteiger partial charge in [-0.05, 0) is 18.9 Å². The molecule has 2 atom stereocenters. The summed E-state index contributed by atoms with van der Waals surface area (Å²) in [5, 5.41) is 18.2. The first-order valence-electron chi connectivity index (χ1n) is 5.82. The van der Waals surface area contributed by atoms with Gasteiger partial charge in [-0.25, -0.2) is 0 Å². The van der Waals surface area contributed by atoms with Crippen molar-refractivity contribution < 1.29 is 9.72 Å². The van der Waals surface area contributed by atoms with Gasteiger partial charge in [-0.3, -0.25) is 14.9 Å². The third-order valence-corrected chi connectivity index (χ3v) is 4.05. The van der Waals surface area contributed by atoms with E-state index in [1.165, 1.54) is 11.4 Å². The van der Waals surface area contributed by atoms with Gasteiger partial charge in [-0.15, -0.1) is 12.4 Å². The normalized spacial score (nSPS) is 22.4. The van der Waals surface area contributed by atoms with Crippen molar-refractivity contribution in [1.82, 2.24) is 10.6 Å². The highest BCUT2D eigenvalue weighted by Crippen LogP contribution is 2.22. The van der Waals surface area contributed by atoms with Crippen LogP contribution in [0.15, 0.2) is 11.4 Å². The Kier molecular flexibility index (Phi) is 5.71. The Morgan fingerprint density at radius 2 is 2.37 bits per heavy atom. The Morgan fingerprint density at radius 1 is 1.63 bits per heavy atom. The lowest BCUT2D eigenvalue weighted by Crippen LogP contribution is -2.50. The molecule has 1 aliphatic heterocycles. The van der Waals surface area contributed by atoms with Gasteiger partial charge in [0.05, 0.1) is 10.5 Å². The molecule has 0 saturated carbocycles. The number of carbonyl (C=O) groups is 1. The predicted octanol–water partition coefficient (Wildman–Crippen LogP) is 1.81. The predicted molar refractivity (Wildman–Crippen MR) is 76.1 cm³/mol. The van der Waals surface area contributed by atoms with Crippen molar-refractivity contribution in [2.24, 2.45) is 5.92 Å². The zero-order valence-electron chi connectivity index (χ0n) is 10.4. The van der Waals surface area contributed by atoms with Gasteiger partial charge in [0, 0.05) is 24.0 Å². The highest BCUT2D eigenvalue weighted by atomic mass is 35.5. The van der Waals surface area contributed by atoms with E-state index < -0.39 is 4.92 Å². The van der Waals surface area contributed by atoms with Crippen LogP contribution in [-0.4, -0.2) is 30.0 Å². The number of halogens is 1. The molecule has 1 amide bonds. The second kappa shape index (κ2) is 6.83. The topological polar surface area (TPSA) is 84.3 Å². The van der Waals surface area contributed by atoms with Crippen LogP contribution in [0.3, 0.4) is 0 Å². The average molecular weight is 306 g/mol. The molecule has 1 fully saturated rings. The van der Waals surface area contributed by atoms with E-state index in [0.29, 0.717) is 11.5 Å². The maximum Gasteiger partial charge on any atom is 0.324 e. The van der Waals surface area contributed by atoms with E-state index in [2.05, 4.69) is 17.6 Å². The van der Waals surface area contributed by atoms with Crippen LogP contribution in [0.25, 0.3) is 0 Å². The first-order chi connectivity index (χ1) is 8.58. The van der Waals surface area contributed by atoms with E-state index in [-0.39, 0.29) is 29.4 Å². The number of nitro groups is 1. The molecule has 2 N–H and O–H groups in total. The maximum atomic E-state index is 11.9. The monoisotopic (exact) mass is 305 g/mol. The Hall–Kier alpha value is -1.18. The van der Waals surface area contributed by atoms with Crippen LogP contribution < -0.4 is 10.6 Å². The van der Waals surface area contributed by atoms with Crippen molar-refractivity contribution in [3.05, 3.63) is 27.1 Å². The molecule has 1 aromatic rings. The highest BCUT2D eigenvalue weighted by Gasteiger charge is 2.24. The van der Waals surface area contributed by atoms with Gasteiger partial charge < -0.3 is 10.6 Å². The summed E-state index contributed by atoms with van der Waals surface area (Å²) < 4.78 is 0.